The van der Waals surface area contributed by atoms with Crippen LogP contribution in [-0.2, 0) is 6.54 Å². The molecular formula is C18H22BrN5OS. The highest BCUT2D eigenvalue weighted by molar-refractivity contribution is 9.10. The molecule has 8 heteroatoms. The van der Waals surface area contributed by atoms with Crippen LogP contribution in [0, 0.1) is 13.8 Å². The Balaban J connectivity index is 2.16. The van der Waals surface area contributed by atoms with Crippen molar-refractivity contribution in [3.05, 3.63) is 57.8 Å². The number of methoxy groups -OCH3 is 1. The van der Waals surface area contributed by atoms with Crippen molar-refractivity contribution in [1.29, 1.82) is 0 Å². The molecule has 2 rings (SSSR count). The number of aryl methyl sites for hydroxylation is 1. The zero-order valence-electron chi connectivity index (χ0n) is 15.0. The van der Waals surface area contributed by atoms with E-state index in [0.29, 0.717) is 18.2 Å². The van der Waals surface area contributed by atoms with Crippen LogP contribution in [0.25, 0.3) is 0 Å². The van der Waals surface area contributed by atoms with Crippen molar-refractivity contribution in [2.75, 3.05) is 13.7 Å². The third-order valence-corrected chi connectivity index (χ3v) is 5.09. The van der Waals surface area contributed by atoms with E-state index < -0.39 is 0 Å². The molecule has 0 spiro atoms. The van der Waals surface area contributed by atoms with Gasteiger partial charge in [-0.25, -0.2) is 0 Å². The van der Waals surface area contributed by atoms with E-state index in [2.05, 4.69) is 43.5 Å². The molecule has 0 unspecified atom stereocenters. The number of ether oxygens (including phenoxy) is 1. The van der Waals surface area contributed by atoms with E-state index in [1.165, 1.54) is 0 Å². The number of aromatic nitrogens is 2. The number of hydrogen-bond acceptors (Lipinski definition) is 4. The van der Waals surface area contributed by atoms with Gasteiger partial charge in [-0.05, 0) is 65.8 Å². The minimum absolute atomic E-state index is 0.447. The fourth-order valence-electron chi connectivity index (χ4n) is 2.36. The van der Waals surface area contributed by atoms with E-state index in [4.69, 9.17) is 17.0 Å². The molecule has 0 amide bonds. The first-order valence-corrected chi connectivity index (χ1v) is 9.20. The lowest BCUT2D eigenvalue weighted by molar-refractivity contribution is 0.407. The van der Waals surface area contributed by atoms with Crippen molar-refractivity contribution < 1.29 is 4.74 Å². The van der Waals surface area contributed by atoms with Gasteiger partial charge in [0.05, 0.1) is 35.7 Å². The van der Waals surface area contributed by atoms with Crippen molar-refractivity contribution in [1.82, 2.24) is 20.5 Å². The number of benzene rings is 1. The molecule has 1 heterocycles. The molecule has 0 atom stereocenters. The second-order valence-electron chi connectivity index (χ2n) is 5.58. The molecule has 6 nitrogen and oxygen atoms in total. The summed E-state index contributed by atoms with van der Waals surface area (Å²) in [7, 11) is 1.66. The van der Waals surface area contributed by atoms with Gasteiger partial charge in [0.1, 0.15) is 5.75 Å². The molecule has 0 aliphatic carbocycles. The summed E-state index contributed by atoms with van der Waals surface area (Å²) in [6, 6.07) is 5.88. The lowest BCUT2D eigenvalue weighted by Gasteiger charge is -2.11. The minimum Gasteiger partial charge on any atom is -0.496 e. The lowest BCUT2D eigenvalue weighted by Crippen LogP contribution is -2.31. The summed E-state index contributed by atoms with van der Waals surface area (Å²) >= 11 is 8.66. The van der Waals surface area contributed by atoms with E-state index in [-0.39, 0.29) is 0 Å². The Morgan fingerprint density at radius 3 is 2.85 bits per heavy atom. The standard InChI is InChI=1S/C18H22BrN5OS/c1-5-8-20-18(26)22-21-10-14-6-7-16(25-4)15(9-14)11-24-13(3)17(19)12(2)23-24/h5-7,9-10H,1,8,11H2,2-4H3,(H2,20,22,26)/b21-10+. The number of halogens is 1. The third-order valence-electron chi connectivity index (χ3n) is 3.70. The molecule has 0 saturated heterocycles. The maximum absolute atomic E-state index is 5.48. The lowest BCUT2D eigenvalue weighted by atomic mass is 10.1. The van der Waals surface area contributed by atoms with Crippen LogP contribution in [0.4, 0.5) is 0 Å². The van der Waals surface area contributed by atoms with Gasteiger partial charge in [0, 0.05) is 12.1 Å². The predicted molar refractivity (Wildman–Crippen MR) is 113 cm³/mol. The van der Waals surface area contributed by atoms with E-state index in [0.717, 1.165) is 32.7 Å². The zero-order valence-corrected chi connectivity index (χ0v) is 17.4. The maximum atomic E-state index is 5.48. The molecular weight excluding hydrogens is 414 g/mol. The monoisotopic (exact) mass is 435 g/mol. The summed E-state index contributed by atoms with van der Waals surface area (Å²) in [6.07, 6.45) is 3.44. The number of nitrogens with one attached hydrogen (secondary N) is 2. The van der Waals surface area contributed by atoms with Crippen molar-refractivity contribution >= 4 is 39.5 Å². The van der Waals surface area contributed by atoms with Crippen LogP contribution in [0.5, 0.6) is 5.75 Å². The van der Waals surface area contributed by atoms with Crippen LogP contribution in [0.1, 0.15) is 22.5 Å². The van der Waals surface area contributed by atoms with E-state index >= 15 is 0 Å². The first kappa shape index (κ1) is 20.1. The van der Waals surface area contributed by atoms with E-state index in [1.807, 2.05) is 36.7 Å². The first-order valence-electron chi connectivity index (χ1n) is 8.00. The minimum atomic E-state index is 0.447. The van der Waals surface area contributed by atoms with Gasteiger partial charge in [0.15, 0.2) is 5.11 Å². The Morgan fingerprint density at radius 1 is 1.46 bits per heavy atom. The second-order valence-corrected chi connectivity index (χ2v) is 6.78. The first-order chi connectivity index (χ1) is 12.5. The summed E-state index contributed by atoms with van der Waals surface area (Å²) in [4.78, 5) is 0. The molecule has 0 aliphatic heterocycles. The molecule has 0 fully saturated rings. The Bertz CT molecular complexity index is 831. The highest BCUT2D eigenvalue weighted by Gasteiger charge is 2.11. The number of nitrogens with zero attached hydrogens (tertiary/aromatic N) is 3. The van der Waals surface area contributed by atoms with Gasteiger partial charge in [-0.15, -0.1) is 6.58 Å². The summed E-state index contributed by atoms with van der Waals surface area (Å²) in [5, 5.41) is 12.1. The van der Waals surface area contributed by atoms with Crippen molar-refractivity contribution in [2.45, 2.75) is 20.4 Å². The van der Waals surface area contributed by atoms with Crippen LogP contribution in [0.2, 0.25) is 0 Å². The van der Waals surface area contributed by atoms with Crippen LogP contribution in [-0.4, -0.2) is 34.8 Å². The van der Waals surface area contributed by atoms with Gasteiger partial charge < -0.3 is 10.1 Å². The highest BCUT2D eigenvalue weighted by atomic mass is 79.9. The number of hydrazone groups is 1. The number of hydrogen-bond donors (Lipinski definition) is 2. The number of rotatable bonds is 7. The van der Waals surface area contributed by atoms with Crippen molar-refractivity contribution in [3.8, 4) is 5.75 Å². The molecule has 1 aromatic heterocycles. The summed E-state index contributed by atoms with van der Waals surface area (Å²) in [5.74, 6) is 0.807. The molecule has 0 saturated carbocycles. The average Bonchev–Trinajstić information content (AvgIpc) is 2.87. The third kappa shape index (κ3) is 5.15. The molecule has 0 radical (unpaired) electrons. The molecule has 1 aromatic carbocycles. The van der Waals surface area contributed by atoms with Crippen LogP contribution >= 0.6 is 28.1 Å². The quantitative estimate of drug-likeness (QED) is 0.302. The van der Waals surface area contributed by atoms with Gasteiger partial charge in [0.25, 0.3) is 0 Å². The Labute approximate surface area is 167 Å². The van der Waals surface area contributed by atoms with Crippen molar-refractivity contribution in [3.63, 3.8) is 0 Å². The van der Waals surface area contributed by atoms with E-state index in [1.54, 1.807) is 19.4 Å². The summed E-state index contributed by atoms with van der Waals surface area (Å²) in [6.45, 7) is 8.83. The average molecular weight is 436 g/mol. The molecule has 0 aliphatic rings. The number of thiocarbonyl (C=S) groups is 1. The van der Waals surface area contributed by atoms with Gasteiger partial charge in [0.2, 0.25) is 0 Å². The molecule has 2 aromatic rings. The second kappa shape index (κ2) is 9.49. The van der Waals surface area contributed by atoms with Crippen molar-refractivity contribution in [2.24, 2.45) is 5.10 Å². The van der Waals surface area contributed by atoms with Crippen LogP contribution in [0.3, 0.4) is 0 Å². The fraction of sp³-hybridized carbons (Fsp3) is 0.278. The Kier molecular flexibility index (Phi) is 7.35. The molecule has 138 valence electrons. The van der Waals surface area contributed by atoms with Gasteiger partial charge >= 0.3 is 0 Å². The highest BCUT2D eigenvalue weighted by Crippen LogP contribution is 2.24. The van der Waals surface area contributed by atoms with Gasteiger partial charge in [-0.3, -0.25) is 10.1 Å². The summed E-state index contributed by atoms with van der Waals surface area (Å²) in [5.41, 5.74) is 6.75. The topological polar surface area (TPSA) is 63.5 Å². The van der Waals surface area contributed by atoms with E-state index in [9.17, 15) is 0 Å². The van der Waals surface area contributed by atoms with Crippen LogP contribution < -0.4 is 15.5 Å². The summed E-state index contributed by atoms with van der Waals surface area (Å²) < 4.78 is 8.46. The van der Waals surface area contributed by atoms with Gasteiger partial charge in [-0.2, -0.15) is 10.2 Å². The van der Waals surface area contributed by atoms with Crippen LogP contribution in [0.15, 0.2) is 40.4 Å². The normalized spacial score (nSPS) is 10.8. The maximum Gasteiger partial charge on any atom is 0.187 e. The Hall–Kier alpha value is -2.19. The fourth-order valence-corrected chi connectivity index (χ4v) is 2.78. The predicted octanol–water partition coefficient (Wildman–Crippen LogP) is 3.30. The molecule has 2 N–H and O–H groups in total. The van der Waals surface area contributed by atoms with Gasteiger partial charge in [-0.1, -0.05) is 6.08 Å². The molecule has 0 bridgehead atoms. The smallest absolute Gasteiger partial charge is 0.187 e. The largest absolute Gasteiger partial charge is 0.496 e. The zero-order chi connectivity index (χ0) is 19.1. The molecule has 26 heavy (non-hydrogen) atoms. The Morgan fingerprint density at radius 2 is 2.23 bits per heavy atom. The SMILES string of the molecule is C=CCNC(=S)N/N=C/c1ccc(OC)c(Cn2nc(C)c(Br)c2C)c1.